The van der Waals surface area contributed by atoms with Crippen LogP contribution in [0.1, 0.15) is 15.9 Å². The lowest BCUT2D eigenvalue weighted by Crippen LogP contribution is -2.13. The van der Waals surface area contributed by atoms with E-state index in [-0.39, 0.29) is 19.0 Å². The summed E-state index contributed by atoms with van der Waals surface area (Å²) in [6.07, 6.45) is 2.80. The standard InChI is InChI=1S/C29H24N2O5/c1-31-23-11-7-6-10-22(23)28(29(31)21-8-4-3-5-9-21)24(32)19-36-27(33)15-13-20-12-14-25(35-17-16-30)26(18-20)34-2/h3-15,18H,17,19H2,1-2H3. The Kier molecular flexibility index (Phi) is 7.47. The molecular weight excluding hydrogens is 456 g/mol. The molecule has 7 heteroatoms. The number of benzene rings is 3. The van der Waals surface area contributed by atoms with Gasteiger partial charge in [0, 0.05) is 24.0 Å². The average Bonchev–Trinajstić information content (AvgIpc) is 3.22. The van der Waals surface area contributed by atoms with Crippen molar-refractivity contribution in [3.63, 3.8) is 0 Å². The molecule has 3 aromatic carbocycles. The highest BCUT2D eigenvalue weighted by atomic mass is 16.5. The molecule has 0 radical (unpaired) electrons. The summed E-state index contributed by atoms with van der Waals surface area (Å²) in [4.78, 5) is 25.7. The monoisotopic (exact) mass is 480 g/mol. The van der Waals surface area contributed by atoms with Gasteiger partial charge in [0.15, 0.2) is 24.7 Å². The predicted molar refractivity (Wildman–Crippen MR) is 137 cm³/mol. The molecule has 0 bridgehead atoms. The van der Waals surface area contributed by atoms with Crippen LogP contribution in [0.5, 0.6) is 11.5 Å². The summed E-state index contributed by atoms with van der Waals surface area (Å²) in [5, 5.41) is 9.48. The number of aryl methyl sites for hydroxylation is 1. The molecule has 0 aliphatic rings. The number of rotatable bonds is 9. The van der Waals surface area contributed by atoms with E-state index in [9.17, 15) is 9.59 Å². The lowest BCUT2D eigenvalue weighted by Gasteiger charge is -2.09. The fourth-order valence-corrected chi connectivity index (χ4v) is 4.05. The predicted octanol–water partition coefficient (Wildman–Crippen LogP) is 5.20. The van der Waals surface area contributed by atoms with Gasteiger partial charge < -0.3 is 18.8 Å². The molecule has 4 rings (SSSR count). The number of para-hydroxylation sites is 1. The Morgan fingerprint density at radius 2 is 1.75 bits per heavy atom. The van der Waals surface area contributed by atoms with Crippen molar-refractivity contribution in [2.45, 2.75) is 0 Å². The molecule has 0 aliphatic heterocycles. The molecule has 0 saturated heterocycles. The van der Waals surface area contributed by atoms with Crippen LogP contribution in [0, 0.1) is 11.3 Å². The molecule has 36 heavy (non-hydrogen) atoms. The number of hydrogen-bond acceptors (Lipinski definition) is 6. The highest BCUT2D eigenvalue weighted by Crippen LogP contribution is 2.33. The number of hydrogen-bond donors (Lipinski definition) is 0. The van der Waals surface area contributed by atoms with E-state index in [1.54, 1.807) is 24.3 Å². The topological polar surface area (TPSA) is 90.6 Å². The molecule has 0 spiro atoms. The van der Waals surface area contributed by atoms with Gasteiger partial charge in [-0.2, -0.15) is 5.26 Å². The first-order valence-electron chi connectivity index (χ1n) is 11.2. The Bertz CT molecular complexity index is 1480. The Balaban J connectivity index is 1.51. The first-order valence-corrected chi connectivity index (χ1v) is 11.2. The highest BCUT2D eigenvalue weighted by molar-refractivity contribution is 6.14. The van der Waals surface area contributed by atoms with Crippen molar-refractivity contribution >= 4 is 28.7 Å². The summed E-state index contributed by atoms with van der Waals surface area (Å²) < 4.78 is 17.8. The molecule has 0 atom stereocenters. The van der Waals surface area contributed by atoms with E-state index in [0.29, 0.717) is 22.6 Å². The fourth-order valence-electron chi connectivity index (χ4n) is 4.05. The molecular formula is C29H24N2O5. The summed E-state index contributed by atoms with van der Waals surface area (Å²) in [5.74, 6) is -0.0734. The van der Waals surface area contributed by atoms with Crippen LogP contribution in [0.25, 0.3) is 28.2 Å². The number of nitriles is 1. The third-order valence-electron chi connectivity index (χ3n) is 5.67. The largest absolute Gasteiger partial charge is 0.493 e. The summed E-state index contributed by atoms with van der Waals surface area (Å²) in [7, 11) is 3.40. The van der Waals surface area contributed by atoms with Crippen molar-refractivity contribution in [1.29, 1.82) is 5.26 Å². The van der Waals surface area contributed by atoms with E-state index in [4.69, 9.17) is 19.5 Å². The van der Waals surface area contributed by atoms with Gasteiger partial charge in [-0.15, -0.1) is 0 Å². The van der Waals surface area contributed by atoms with E-state index < -0.39 is 5.97 Å². The zero-order valence-electron chi connectivity index (χ0n) is 19.9. The molecule has 0 amide bonds. The minimum absolute atomic E-state index is 0.103. The van der Waals surface area contributed by atoms with Gasteiger partial charge >= 0.3 is 5.97 Å². The van der Waals surface area contributed by atoms with Gasteiger partial charge in [0.25, 0.3) is 0 Å². The van der Waals surface area contributed by atoms with Crippen molar-refractivity contribution in [3.8, 4) is 28.8 Å². The van der Waals surface area contributed by atoms with Crippen LogP contribution in [0.3, 0.4) is 0 Å². The van der Waals surface area contributed by atoms with Crippen LogP contribution in [-0.2, 0) is 16.6 Å². The maximum absolute atomic E-state index is 13.3. The van der Waals surface area contributed by atoms with Crippen LogP contribution in [0.2, 0.25) is 0 Å². The number of fused-ring (bicyclic) bond motifs is 1. The maximum atomic E-state index is 13.3. The van der Waals surface area contributed by atoms with Gasteiger partial charge in [0.05, 0.1) is 18.4 Å². The maximum Gasteiger partial charge on any atom is 0.331 e. The second kappa shape index (κ2) is 11.1. The number of esters is 1. The Morgan fingerprint density at radius 3 is 2.50 bits per heavy atom. The first kappa shape index (κ1) is 24.3. The van der Waals surface area contributed by atoms with Crippen molar-refractivity contribution in [2.24, 2.45) is 7.05 Å². The molecule has 1 heterocycles. The zero-order chi connectivity index (χ0) is 25.5. The number of ether oxygens (including phenoxy) is 3. The summed E-state index contributed by atoms with van der Waals surface area (Å²) >= 11 is 0. The van der Waals surface area contributed by atoms with E-state index in [2.05, 4.69) is 0 Å². The molecule has 0 saturated carbocycles. The Hall–Kier alpha value is -4.83. The average molecular weight is 481 g/mol. The van der Waals surface area contributed by atoms with Gasteiger partial charge in [-0.1, -0.05) is 54.6 Å². The van der Waals surface area contributed by atoms with Gasteiger partial charge in [0.2, 0.25) is 5.78 Å². The third kappa shape index (κ3) is 5.13. The van der Waals surface area contributed by atoms with E-state index in [1.165, 1.54) is 13.2 Å². The van der Waals surface area contributed by atoms with Crippen LogP contribution < -0.4 is 9.47 Å². The smallest absolute Gasteiger partial charge is 0.331 e. The van der Waals surface area contributed by atoms with Crippen LogP contribution in [-0.4, -0.2) is 36.6 Å². The molecule has 180 valence electrons. The van der Waals surface area contributed by atoms with E-state index in [1.807, 2.05) is 72.3 Å². The molecule has 0 fully saturated rings. The molecule has 0 N–H and O–H groups in total. The lowest BCUT2D eigenvalue weighted by atomic mass is 10.0. The van der Waals surface area contributed by atoms with Crippen molar-refractivity contribution in [3.05, 3.63) is 90.0 Å². The number of Topliss-reactive ketones (excluding diaryl/α,β-unsaturated/α-hetero) is 1. The molecule has 1 aromatic heterocycles. The SMILES string of the molecule is COc1cc(C=CC(=O)OCC(=O)c2c(-c3ccccc3)n(C)c3ccccc23)ccc1OCC#N. The van der Waals surface area contributed by atoms with Crippen molar-refractivity contribution in [1.82, 2.24) is 4.57 Å². The van der Waals surface area contributed by atoms with Gasteiger partial charge in [0.1, 0.15) is 6.07 Å². The number of methoxy groups -OCH3 is 1. The minimum atomic E-state index is -0.645. The number of ketones is 1. The minimum Gasteiger partial charge on any atom is -0.493 e. The van der Waals surface area contributed by atoms with Crippen LogP contribution >= 0.6 is 0 Å². The normalized spacial score (nSPS) is 10.8. The van der Waals surface area contributed by atoms with Crippen LogP contribution in [0.4, 0.5) is 0 Å². The van der Waals surface area contributed by atoms with Gasteiger partial charge in [-0.05, 0) is 35.4 Å². The van der Waals surface area contributed by atoms with Crippen LogP contribution in [0.15, 0.2) is 78.9 Å². The molecule has 7 nitrogen and oxygen atoms in total. The molecule has 4 aromatic rings. The third-order valence-corrected chi connectivity index (χ3v) is 5.67. The Morgan fingerprint density at radius 1 is 1.00 bits per heavy atom. The number of carbonyl (C=O) groups excluding carboxylic acids is 2. The summed E-state index contributed by atoms with van der Waals surface area (Å²) in [5.41, 5.74) is 3.79. The molecule has 0 unspecified atom stereocenters. The van der Waals surface area contributed by atoms with E-state index in [0.717, 1.165) is 22.2 Å². The summed E-state index contributed by atoms with van der Waals surface area (Å²) in [6, 6.07) is 24.3. The number of nitrogens with zero attached hydrogens (tertiary/aromatic N) is 2. The van der Waals surface area contributed by atoms with E-state index >= 15 is 0 Å². The van der Waals surface area contributed by atoms with Crippen molar-refractivity contribution < 1.29 is 23.8 Å². The van der Waals surface area contributed by atoms with Gasteiger partial charge in [-0.25, -0.2) is 4.79 Å². The second-order valence-corrected chi connectivity index (χ2v) is 7.89. The molecule has 0 aliphatic carbocycles. The zero-order valence-corrected chi connectivity index (χ0v) is 19.9. The summed E-state index contributed by atoms with van der Waals surface area (Å²) in [6.45, 7) is -0.490. The fraction of sp³-hybridized carbons (Fsp3) is 0.138. The van der Waals surface area contributed by atoms with Crippen molar-refractivity contribution in [2.75, 3.05) is 20.3 Å². The quantitative estimate of drug-likeness (QED) is 0.186. The van der Waals surface area contributed by atoms with Gasteiger partial charge in [-0.3, -0.25) is 4.79 Å². The number of carbonyl (C=O) groups is 2. The second-order valence-electron chi connectivity index (χ2n) is 7.89. The Labute approximate surface area is 208 Å². The first-order chi connectivity index (χ1) is 17.5. The highest BCUT2D eigenvalue weighted by Gasteiger charge is 2.22. The lowest BCUT2D eigenvalue weighted by molar-refractivity contribution is -0.136. The number of aromatic nitrogens is 1.